The monoisotopic (exact) mass is 470 g/mol. The summed E-state index contributed by atoms with van der Waals surface area (Å²) in [5.41, 5.74) is 0.254. The summed E-state index contributed by atoms with van der Waals surface area (Å²) in [5, 5.41) is 17.9. The molecular weight excluding hydrogens is 449 g/mol. The van der Waals surface area contributed by atoms with Crippen molar-refractivity contribution in [2.24, 2.45) is 0 Å². The first-order valence-electron chi connectivity index (χ1n) is 7.33. The van der Waals surface area contributed by atoms with Crippen LogP contribution in [-0.4, -0.2) is 108 Å². The molecule has 2 unspecified atom stereocenters. The van der Waals surface area contributed by atoms with E-state index in [1.54, 1.807) is 0 Å². The van der Waals surface area contributed by atoms with Gasteiger partial charge in [0.1, 0.15) is 25.4 Å². The predicted molar refractivity (Wildman–Crippen MR) is 98.4 cm³/mol. The summed E-state index contributed by atoms with van der Waals surface area (Å²) in [4.78, 5) is 21.5. The fourth-order valence-corrected chi connectivity index (χ4v) is 2.29. The van der Waals surface area contributed by atoms with Crippen molar-refractivity contribution in [3.63, 3.8) is 0 Å². The Kier molecular flexibility index (Phi) is 16.7. The molecule has 0 aromatic rings. The molecule has 0 heterocycles. The van der Waals surface area contributed by atoms with E-state index in [0.717, 1.165) is 0 Å². The fourth-order valence-electron chi connectivity index (χ4n) is 1.16. The SMILES string of the molecule is C=C(C)C(=O)OCC(O)CS(=O)(=O)[O-].C=C(C)C(=O)OCC(O)CS(=O)(=O)[O-].[Mg+2]. The van der Waals surface area contributed by atoms with E-state index in [1.165, 1.54) is 13.8 Å². The summed E-state index contributed by atoms with van der Waals surface area (Å²) >= 11 is 0. The largest absolute Gasteiger partial charge is 2.00 e. The van der Waals surface area contributed by atoms with E-state index in [1.807, 2.05) is 0 Å². The maximum Gasteiger partial charge on any atom is 2.00 e. The molecule has 0 fully saturated rings. The summed E-state index contributed by atoms with van der Waals surface area (Å²) in [6.07, 6.45) is -3.00. The van der Waals surface area contributed by atoms with Crippen molar-refractivity contribution in [1.29, 1.82) is 0 Å². The Hall–Kier alpha value is -1.07. The molecule has 164 valence electrons. The number of carbonyl (C=O) groups excluding carboxylic acids is 2. The third-order valence-corrected chi connectivity index (χ3v) is 3.89. The first-order valence-corrected chi connectivity index (χ1v) is 10.5. The normalized spacial score (nSPS) is 12.9. The van der Waals surface area contributed by atoms with Crippen LogP contribution in [0.5, 0.6) is 0 Å². The number of aliphatic hydroxyl groups excluding tert-OH is 2. The Bertz CT molecular complexity index is 706. The van der Waals surface area contributed by atoms with Crippen LogP contribution in [0.15, 0.2) is 24.3 Å². The van der Waals surface area contributed by atoms with Gasteiger partial charge in [-0.1, -0.05) is 13.2 Å². The van der Waals surface area contributed by atoms with Gasteiger partial charge in [-0.15, -0.1) is 0 Å². The second kappa shape index (κ2) is 14.8. The maximum atomic E-state index is 10.8. The van der Waals surface area contributed by atoms with Crippen molar-refractivity contribution in [1.82, 2.24) is 0 Å². The van der Waals surface area contributed by atoms with Gasteiger partial charge in [-0.25, -0.2) is 26.4 Å². The third-order valence-electron chi connectivity index (χ3n) is 2.30. The first kappa shape index (κ1) is 32.6. The summed E-state index contributed by atoms with van der Waals surface area (Å²) in [6, 6.07) is 0. The van der Waals surface area contributed by atoms with E-state index in [4.69, 9.17) is 10.2 Å². The van der Waals surface area contributed by atoms with Crippen molar-refractivity contribution < 1.29 is 55.2 Å². The van der Waals surface area contributed by atoms with Gasteiger partial charge in [-0.2, -0.15) is 0 Å². The molecule has 15 heteroatoms. The van der Waals surface area contributed by atoms with Crippen LogP contribution in [0.3, 0.4) is 0 Å². The molecular formula is C14H22MgO12S2. The smallest absolute Gasteiger partial charge is 0.748 e. The van der Waals surface area contributed by atoms with E-state index < -0.39 is 69.1 Å². The Balaban J connectivity index is -0.000000451. The minimum absolute atomic E-state index is 0. The van der Waals surface area contributed by atoms with Gasteiger partial charge >= 0.3 is 35.0 Å². The molecule has 0 aliphatic heterocycles. The zero-order valence-electron chi connectivity index (χ0n) is 15.9. The van der Waals surface area contributed by atoms with Crippen LogP contribution in [0.25, 0.3) is 0 Å². The summed E-state index contributed by atoms with van der Waals surface area (Å²) < 4.78 is 69.7. The molecule has 0 bridgehead atoms. The average molecular weight is 471 g/mol. The van der Waals surface area contributed by atoms with Crippen LogP contribution >= 0.6 is 0 Å². The van der Waals surface area contributed by atoms with Crippen molar-refractivity contribution in [2.75, 3.05) is 24.7 Å². The van der Waals surface area contributed by atoms with Crippen LogP contribution < -0.4 is 0 Å². The van der Waals surface area contributed by atoms with Crippen LogP contribution in [0, 0.1) is 0 Å². The minimum Gasteiger partial charge on any atom is -0.748 e. The van der Waals surface area contributed by atoms with Crippen LogP contribution in [0.1, 0.15) is 13.8 Å². The van der Waals surface area contributed by atoms with E-state index in [9.17, 15) is 35.5 Å². The topological polar surface area (TPSA) is 207 Å². The number of aliphatic hydroxyl groups is 2. The molecule has 0 rings (SSSR count). The van der Waals surface area contributed by atoms with Crippen LogP contribution in [-0.2, 0) is 39.3 Å². The van der Waals surface area contributed by atoms with E-state index in [0.29, 0.717) is 0 Å². The van der Waals surface area contributed by atoms with Crippen molar-refractivity contribution in [3.05, 3.63) is 24.3 Å². The molecule has 2 atom stereocenters. The standard InChI is InChI=1S/2C7H12O6S.Mg/c2*1-5(2)7(9)13-3-6(8)4-14(10,11)12;/h2*6,8H,1,3-4H2,2H3,(H,10,11,12);/q;;+2/p-2. The third kappa shape index (κ3) is 23.1. The van der Waals surface area contributed by atoms with Gasteiger partial charge < -0.3 is 28.8 Å². The molecule has 0 saturated heterocycles. The van der Waals surface area contributed by atoms with E-state index >= 15 is 0 Å². The molecule has 0 aromatic carbocycles. The van der Waals surface area contributed by atoms with Crippen molar-refractivity contribution in [3.8, 4) is 0 Å². The average Bonchev–Trinajstić information content (AvgIpc) is 2.47. The Morgan fingerprint density at radius 3 is 1.24 bits per heavy atom. The molecule has 0 aliphatic rings. The van der Waals surface area contributed by atoms with Gasteiger partial charge in [0.2, 0.25) is 0 Å². The van der Waals surface area contributed by atoms with Gasteiger partial charge in [0.15, 0.2) is 0 Å². The second-order valence-corrected chi connectivity index (χ2v) is 8.41. The fraction of sp³-hybridized carbons (Fsp3) is 0.571. The van der Waals surface area contributed by atoms with E-state index in [2.05, 4.69) is 22.6 Å². The number of hydrogen-bond donors (Lipinski definition) is 2. The maximum absolute atomic E-state index is 10.8. The van der Waals surface area contributed by atoms with Gasteiger partial charge in [0.25, 0.3) is 0 Å². The van der Waals surface area contributed by atoms with Gasteiger partial charge in [0, 0.05) is 11.1 Å². The number of ether oxygens (including phenoxy) is 2. The predicted octanol–water partition coefficient (Wildman–Crippen LogP) is -2.36. The zero-order chi connectivity index (χ0) is 22.7. The molecule has 0 aromatic heterocycles. The molecule has 29 heavy (non-hydrogen) atoms. The quantitative estimate of drug-likeness (QED) is 0.149. The number of esters is 2. The first-order chi connectivity index (χ1) is 12.4. The van der Waals surface area contributed by atoms with Gasteiger partial charge in [0.05, 0.1) is 31.7 Å². The Morgan fingerprint density at radius 1 is 0.828 bits per heavy atom. The van der Waals surface area contributed by atoms with Gasteiger partial charge in [-0.05, 0) is 13.8 Å². The van der Waals surface area contributed by atoms with Crippen LogP contribution in [0.4, 0.5) is 0 Å². The molecule has 0 spiro atoms. The molecule has 12 nitrogen and oxygen atoms in total. The summed E-state index contributed by atoms with van der Waals surface area (Å²) in [7, 11) is -9.01. The molecule has 2 N–H and O–H groups in total. The Labute approximate surface area is 185 Å². The van der Waals surface area contributed by atoms with Gasteiger partial charge in [-0.3, -0.25) is 0 Å². The van der Waals surface area contributed by atoms with Crippen molar-refractivity contribution in [2.45, 2.75) is 26.1 Å². The number of hydrogen-bond acceptors (Lipinski definition) is 12. The summed E-state index contributed by atoms with van der Waals surface area (Å²) in [5.74, 6) is -3.44. The molecule has 0 saturated carbocycles. The zero-order valence-corrected chi connectivity index (χ0v) is 18.9. The molecule has 0 amide bonds. The van der Waals surface area contributed by atoms with Crippen molar-refractivity contribution >= 4 is 55.2 Å². The number of rotatable bonds is 10. The Morgan fingerprint density at radius 2 is 1.07 bits per heavy atom. The van der Waals surface area contributed by atoms with E-state index in [-0.39, 0.29) is 34.2 Å². The number of carbonyl (C=O) groups is 2. The molecule has 0 aliphatic carbocycles. The second-order valence-electron chi connectivity index (χ2n) is 5.51. The minimum atomic E-state index is -4.51. The molecule has 0 radical (unpaired) electrons. The van der Waals surface area contributed by atoms with Crippen LogP contribution in [0.2, 0.25) is 0 Å². The summed E-state index contributed by atoms with van der Waals surface area (Å²) in [6.45, 7) is 8.28.